The number of nitrogens with one attached hydrogen (secondary N) is 1. The maximum absolute atomic E-state index is 10.8. The summed E-state index contributed by atoms with van der Waals surface area (Å²) in [6.07, 6.45) is 3.53. The summed E-state index contributed by atoms with van der Waals surface area (Å²) in [4.78, 5) is 10.4. The van der Waals surface area contributed by atoms with Gasteiger partial charge < -0.3 is 14.8 Å². The van der Waals surface area contributed by atoms with Crippen LogP contribution < -0.4 is 14.8 Å². The number of ether oxygens (including phenoxy) is 2. The highest BCUT2D eigenvalue weighted by atomic mass is 79.9. The predicted molar refractivity (Wildman–Crippen MR) is 109 cm³/mol. The Morgan fingerprint density at radius 3 is 2.52 bits per heavy atom. The van der Waals surface area contributed by atoms with Crippen LogP contribution in [0.15, 0.2) is 40.9 Å². The van der Waals surface area contributed by atoms with Crippen molar-refractivity contribution in [2.45, 2.75) is 39.3 Å². The Hall–Kier alpha value is -2.12. The Balaban J connectivity index is 2.10. The van der Waals surface area contributed by atoms with E-state index in [-0.39, 0.29) is 5.69 Å². The molecule has 0 aliphatic heterocycles. The molecule has 0 heterocycles. The Bertz CT molecular complexity index is 750. The van der Waals surface area contributed by atoms with Crippen molar-refractivity contribution >= 4 is 21.6 Å². The highest BCUT2D eigenvalue weighted by Gasteiger charge is 2.15. The van der Waals surface area contributed by atoms with Gasteiger partial charge in [0, 0.05) is 28.7 Å². The molecule has 0 spiro atoms. The minimum Gasteiger partial charge on any atom is -0.493 e. The molecule has 27 heavy (non-hydrogen) atoms. The number of rotatable bonds is 11. The van der Waals surface area contributed by atoms with Crippen LogP contribution in [0.4, 0.5) is 5.69 Å². The molecule has 0 saturated heterocycles. The van der Waals surface area contributed by atoms with Crippen LogP contribution >= 0.6 is 15.9 Å². The van der Waals surface area contributed by atoms with Crippen LogP contribution in [0, 0.1) is 10.1 Å². The Labute approximate surface area is 168 Å². The molecular weight excluding hydrogens is 412 g/mol. The van der Waals surface area contributed by atoms with Crippen LogP contribution in [0.25, 0.3) is 0 Å². The Morgan fingerprint density at radius 2 is 1.89 bits per heavy atom. The molecule has 2 rings (SSSR count). The topological polar surface area (TPSA) is 73.6 Å². The van der Waals surface area contributed by atoms with Gasteiger partial charge in [-0.3, -0.25) is 10.1 Å². The zero-order chi connectivity index (χ0) is 19.6. The van der Waals surface area contributed by atoms with E-state index in [0.29, 0.717) is 24.7 Å². The van der Waals surface area contributed by atoms with Gasteiger partial charge in [-0.25, -0.2) is 0 Å². The van der Waals surface area contributed by atoms with E-state index in [1.807, 2.05) is 12.1 Å². The zero-order valence-corrected chi connectivity index (χ0v) is 17.3. The van der Waals surface area contributed by atoms with Gasteiger partial charge in [0.25, 0.3) is 5.69 Å². The number of halogens is 1. The normalized spacial score (nSPS) is 10.6. The Kier molecular flexibility index (Phi) is 8.54. The summed E-state index contributed by atoms with van der Waals surface area (Å²) in [6.45, 7) is 4.09. The number of unbranched alkanes of at least 4 members (excludes halogenated alkanes) is 2. The first-order valence-electron chi connectivity index (χ1n) is 8.99. The highest BCUT2D eigenvalue weighted by Crippen LogP contribution is 2.36. The molecule has 0 radical (unpaired) electrons. The Morgan fingerprint density at radius 1 is 1.15 bits per heavy atom. The quantitative estimate of drug-likeness (QED) is 0.296. The molecule has 146 valence electrons. The molecule has 6 nitrogen and oxygen atoms in total. The van der Waals surface area contributed by atoms with Gasteiger partial charge in [0.2, 0.25) is 0 Å². The predicted octanol–water partition coefficient (Wildman–Crippen LogP) is 5.22. The molecule has 0 atom stereocenters. The fraction of sp³-hybridized carbons (Fsp3) is 0.400. The number of benzene rings is 2. The average Bonchev–Trinajstić information content (AvgIpc) is 2.67. The van der Waals surface area contributed by atoms with Gasteiger partial charge in [0.1, 0.15) is 6.61 Å². The van der Waals surface area contributed by atoms with E-state index >= 15 is 0 Å². The van der Waals surface area contributed by atoms with Gasteiger partial charge in [-0.05, 0) is 42.8 Å². The van der Waals surface area contributed by atoms with Crippen LogP contribution in [0.3, 0.4) is 0 Å². The second-order valence-corrected chi connectivity index (χ2v) is 7.01. The summed E-state index contributed by atoms with van der Waals surface area (Å²) in [5.41, 5.74) is 1.91. The molecular formula is C20H25BrN2O4. The summed E-state index contributed by atoms with van der Waals surface area (Å²) in [7, 11) is 1.61. The van der Waals surface area contributed by atoms with Gasteiger partial charge in [-0.2, -0.15) is 0 Å². The minimum absolute atomic E-state index is 0.0655. The number of methoxy groups -OCH3 is 1. The molecule has 0 bridgehead atoms. The first kappa shape index (κ1) is 21.2. The monoisotopic (exact) mass is 436 g/mol. The molecule has 0 aromatic heterocycles. The SMILES string of the molecule is CCCCCNCc1c(Br)ccc(OC)c1OCc1ccc([N+](=O)[O-])cc1. The fourth-order valence-corrected chi connectivity index (χ4v) is 3.10. The number of hydrogen-bond donors (Lipinski definition) is 1. The van der Waals surface area contributed by atoms with Crippen molar-refractivity contribution < 1.29 is 14.4 Å². The van der Waals surface area contributed by atoms with Crippen LogP contribution in [0.5, 0.6) is 11.5 Å². The zero-order valence-electron chi connectivity index (χ0n) is 15.7. The molecule has 0 unspecified atom stereocenters. The lowest BCUT2D eigenvalue weighted by Gasteiger charge is -2.17. The molecule has 0 aliphatic rings. The van der Waals surface area contributed by atoms with Crippen molar-refractivity contribution in [2.24, 2.45) is 0 Å². The second-order valence-electron chi connectivity index (χ2n) is 6.15. The molecule has 2 aromatic rings. The highest BCUT2D eigenvalue weighted by molar-refractivity contribution is 9.10. The number of nitrogens with zero attached hydrogens (tertiary/aromatic N) is 1. The van der Waals surface area contributed by atoms with Gasteiger partial charge in [0.15, 0.2) is 11.5 Å². The summed E-state index contributed by atoms with van der Waals surface area (Å²) in [6, 6.07) is 10.2. The standard InChI is InChI=1S/C20H25BrN2O4/c1-3-4-5-12-22-13-17-18(21)10-11-19(26-2)20(17)27-14-15-6-8-16(9-7-15)23(24)25/h6-11,22H,3-5,12-14H2,1-2H3. The van der Waals surface area contributed by atoms with Crippen molar-refractivity contribution in [3.05, 3.63) is 62.1 Å². The smallest absolute Gasteiger partial charge is 0.269 e. The average molecular weight is 437 g/mol. The fourth-order valence-electron chi connectivity index (χ4n) is 2.65. The van der Waals surface area contributed by atoms with Crippen LogP contribution in [-0.2, 0) is 13.2 Å². The van der Waals surface area contributed by atoms with E-state index in [1.54, 1.807) is 19.2 Å². The third-order valence-electron chi connectivity index (χ3n) is 4.18. The van der Waals surface area contributed by atoms with Crippen molar-refractivity contribution in [1.82, 2.24) is 5.32 Å². The maximum Gasteiger partial charge on any atom is 0.269 e. The van der Waals surface area contributed by atoms with E-state index in [4.69, 9.17) is 9.47 Å². The molecule has 0 fully saturated rings. The van der Waals surface area contributed by atoms with Crippen LogP contribution in [0.1, 0.15) is 37.3 Å². The third kappa shape index (κ3) is 6.22. The van der Waals surface area contributed by atoms with E-state index in [1.165, 1.54) is 25.0 Å². The molecule has 0 saturated carbocycles. The van der Waals surface area contributed by atoms with E-state index in [0.717, 1.165) is 28.6 Å². The maximum atomic E-state index is 10.8. The first-order chi connectivity index (χ1) is 13.1. The van der Waals surface area contributed by atoms with E-state index in [2.05, 4.69) is 28.2 Å². The summed E-state index contributed by atoms with van der Waals surface area (Å²) >= 11 is 3.59. The number of nitro benzene ring substituents is 1. The number of nitro groups is 1. The number of non-ortho nitro benzene ring substituents is 1. The molecule has 0 aliphatic carbocycles. The minimum atomic E-state index is -0.412. The third-order valence-corrected chi connectivity index (χ3v) is 4.92. The van der Waals surface area contributed by atoms with Crippen molar-refractivity contribution in [3.8, 4) is 11.5 Å². The lowest BCUT2D eigenvalue weighted by Crippen LogP contribution is -2.16. The summed E-state index contributed by atoms with van der Waals surface area (Å²) in [5, 5.41) is 14.2. The molecule has 7 heteroatoms. The summed E-state index contributed by atoms with van der Waals surface area (Å²) in [5.74, 6) is 1.33. The second kappa shape index (κ2) is 10.9. The first-order valence-corrected chi connectivity index (χ1v) is 9.78. The molecule has 0 amide bonds. The lowest BCUT2D eigenvalue weighted by molar-refractivity contribution is -0.384. The van der Waals surface area contributed by atoms with Gasteiger partial charge in [-0.1, -0.05) is 35.7 Å². The molecule has 1 N–H and O–H groups in total. The van der Waals surface area contributed by atoms with E-state index < -0.39 is 4.92 Å². The largest absolute Gasteiger partial charge is 0.493 e. The van der Waals surface area contributed by atoms with Crippen molar-refractivity contribution in [2.75, 3.05) is 13.7 Å². The van der Waals surface area contributed by atoms with Crippen LogP contribution in [-0.4, -0.2) is 18.6 Å². The van der Waals surface area contributed by atoms with Crippen molar-refractivity contribution in [1.29, 1.82) is 0 Å². The van der Waals surface area contributed by atoms with Crippen molar-refractivity contribution in [3.63, 3.8) is 0 Å². The molecule has 2 aromatic carbocycles. The number of hydrogen-bond acceptors (Lipinski definition) is 5. The van der Waals surface area contributed by atoms with Gasteiger partial charge in [-0.15, -0.1) is 0 Å². The van der Waals surface area contributed by atoms with Gasteiger partial charge >= 0.3 is 0 Å². The lowest BCUT2D eigenvalue weighted by atomic mass is 10.1. The van der Waals surface area contributed by atoms with Crippen LogP contribution in [0.2, 0.25) is 0 Å². The van der Waals surface area contributed by atoms with E-state index in [9.17, 15) is 10.1 Å². The summed E-state index contributed by atoms with van der Waals surface area (Å²) < 4.78 is 12.5. The van der Waals surface area contributed by atoms with Gasteiger partial charge in [0.05, 0.1) is 12.0 Å².